The van der Waals surface area contributed by atoms with E-state index in [0.717, 1.165) is 5.56 Å². The van der Waals surface area contributed by atoms with Crippen LogP contribution in [0.1, 0.15) is 11.1 Å². The van der Waals surface area contributed by atoms with E-state index in [0.29, 0.717) is 16.3 Å². The van der Waals surface area contributed by atoms with Crippen LogP contribution in [0.5, 0.6) is 11.5 Å². The van der Waals surface area contributed by atoms with Crippen molar-refractivity contribution >= 4 is 29.3 Å². The van der Waals surface area contributed by atoms with Crippen molar-refractivity contribution in [2.75, 3.05) is 12.4 Å². The summed E-state index contributed by atoms with van der Waals surface area (Å²) >= 11 is 5.88. The molecule has 0 heterocycles. The lowest BCUT2D eigenvalue weighted by atomic mass is 10.1. The van der Waals surface area contributed by atoms with Gasteiger partial charge in [-0.3, -0.25) is 4.79 Å². The number of benzene rings is 2. The number of methoxy groups -OCH3 is 1. The van der Waals surface area contributed by atoms with E-state index in [9.17, 15) is 15.2 Å². The third-order valence-electron chi connectivity index (χ3n) is 3.32. The maximum atomic E-state index is 12.3. The number of phenols is 1. The predicted octanol–water partition coefficient (Wildman–Crippen LogP) is 3.91. The van der Waals surface area contributed by atoms with Gasteiger partial charge >= 0.3 is 0 Å². The van der Waals surface area contributed by atoms with E-state index in [1.807, 2.05) is 13.0 Å². The summed E-state index contributed by atoms with van der Waals surface area (Å²) in [5.41, 5.74) is 1.86. The van der Waals surface area contributed by atoms with Crippen molar-refractivity contribution < 1.29 is 14.6 Å². The highest BCUT2D eigenvalue weighted by Gasteiger charge is 2.12. The predicted molar refractivity (Wildman–Crippen MR) is 93.1 cm³/mol. The van der Waals surface area contributed by atoms with Gasteiger partial charge in [-0.05, 0) is 54.5 Å². The van der Waals surface area contributed by atoms with Crippen LogP contribution in [-0.4, -0.2) is 18.1 Å². The molecular formula is C18H15ClN2O3. The van der Waals surface area contributed by atoms with E-state index < -0.39 is 5.91 Å². The van der Waals surface area contributed by atoms with E-state index in [4.69, 9.17) is 16.3 Å². The van der Waals surface area contributed by atoms with Gasteiger partial charge in [0.25, 0.3) is 5.91 Å². The third kappa shape index (κ3) is 4.06. The Bertz CT molecular complexity index is 854. The molecule has 0 saturated heterocycles. The number of nitriles is 1. The van der Waals surface area contributed by atoms with Crippen LogP contribution in [0.3, 0.4) is 0 Å². The number of rotatable bonds is 4. The zero-order valence-electron chi connectivity index (χ0n) is 13.1. The molecule has 2 aromatic carbocycles. The van der Waals surface area contributed by atoms with E-state index >= 15 is 0 Å². The monoisotopic (exact) mass is 342 g/mol. The molecule has 6 heteroatoms. The molecule has 0 spiro atoms. The molecule has 1 amide bonds. The number of aromatic hydroxyl groups is 1. The van der Waals surface area contributed by atoms with Crippen LogP contribution in [0, 0.1) is 18.3 Å². The van der Waals surface area contributed by atoms with Gasteiger partial charge < -0.3 is 15.2 Å². The smallest absolute Gasteiger partial charge is 0.266 e. The summed E-state index contributed by atoms with van der Waals surface area (Å²) in [4.78, 5) is 12.3. The Hall–Kier alpha value is -2.97. The quantitative estimate of drug-likeness (QED) is 0.652. The fourth-order valence-electron chi connectivity index (χ4n) is 2.06. The Labute approximate surface area is 144 Å². The molecular weight excluding hydrogens is 328 g/mol. The van der Waals surface area contributed by atoms with Gasteiger partial charge in [0, 0.05) is 10.7 Å². The summed E-state index contributed by atoms with van der Waals surface area (Å²) in [6.45, 7) is 1.81. The Morgan fingerprint density at radius 2 is 2.08 bits per heavy atom. The molecule has 2 N–H and O–H groups in total. The second-order valence-corrected chi connectivity index (χ2v) is 5.45. The Kier molecular flexibility index (Phi) is 5.46. The number of carbonyl (C=O) groups excluding carboxylic acids is 1. The summed E-state index contributed by atoms with van der Waals surface area (Å²) in [6, 6.07) is 11.5. The molecule has 0 bridgehead atoms. The number of carbonyl (C=O) groups is 1. The van der Waals surface area contributed by atoms with Gasteiger partial charge in [-0.1, -0.05) is 17.7 Å². The maximum absolute atomic E-state index is 12.3. The van der Waals surface area contributed by atoms with E-state index in [-0.39, 0.29) is 17.1 Å². The number of phenolic OH excluding ortho intramolecular Hbond substituents is 1. The molecule has 0 radical (unpaired) electrons. The topological polar surface area (TPSA) is 82.3 Å². The molecule has 0 fully saturated rings. The Balaban J connectivity index is 2.27. The highest BCUT2D eigenvalue weighted by Crippen LogP contribution is 2.27. The zero-order valence-corrected chi connectivity index (χ0v) is 13.9. The zero-order chi connectivity index (χ0) is 17.7. The van der Waals surface area contributed by atoms with Crippen LogP contribution >= 0.6 is 11.6 Å². The largest absolute Gasteiger partial charge is 0.504 e. The van der Waals surface area contributed by atoms with Gasteiger partial charge in [-0.15, -0.1) is 0 Å². The summed E-state index contributed by atoms with van der Waals surface area (Å²) < 4.78 is 5.01. The highest BCUT2D eigenvalue weighted by atomic mass is 35.5. The minimum absolute atomic E-state index is 0.0191. The van der Waals surface area contributed by atoms with Gasteiger partial charge in [0.05, 0.1) is 7.11 Å². The lowest BCUT2D eigenvalue weighted by molar-refractivity contribution is -0.112. The molecule has 0 aliphatic rings. The minimum Gasteiger partial charge on any atom is -0.504 e. The average molecular weight is 343 g/mol. The van der Waals surface area contributed by atoms with Crippen molar-refractivity contribution in [2.45, 2.75) is 6.92 Å². The first-order chi connectivity index (χ1) is 11.4. The van der Waals surface area contributed by atoms with Crippen molar-refractivity contribution in [3.63, 3.8) is 0 Å². The van der Waals surface area contributed by atoms with Gasteiger partial charge in [0.2, 0.25) is 0 Å². The summed E-state index contributed by atoms with van der Waals surface area (Å²) in [5.74, 6) is -0.292. The van der Waals surface area contributed by atoms with Gasteiger partial charge in [-0.2, -0.15) is 5.26 Å². The third-order valence-corrected chi connectivity index (χ3v) is 3.55. The van der Waals surface area contributed by atoms with E-state index in [1.54, 1.807) is 24.3 Å². The molecule has 0 atom stereocenters. The molecule has 0 aliphatic carbocycles. The highest BCUT2D eigenvalue weighted by molar-refractivity contribution is 6.30. The lowest BCUT2D eigenvalue weighted by Gasteiger charge is -2.08. The number of halogens is 1. The fraction of sp³-hybridized carbons (Fsp3) is 0.111. The first kappa shape index (κ1) is 17.4. The molecule has 0 saturated carbocycles. The van der Waals surface area contributed by atoms with Gasteiger partial charge in [0.1, 0.15) is 11.6 Å². The van der Waals surface area contributed by atoms with Gasteiger partial charge in [0.15, 0.2) is 11.5 Å². The number of nitrogens with one attached hydrogen (secondary N) is 1. The first-order valence-electron chi connectivity index (χ1n) is 7.01. The average Bonchev–Trinajstić information content (AvgIpc) is 2.56. The maximum Gasteiger partial charge on any atom is 0.266 e. The molecule has 24 heavy (non-hydrogen) atoms. The number of ether oxygens (including phenoxy) is 1. The van der Waals surface area contributed by atoms with Crippen molar-refractivity contribution in [3.8, 4) is 17.6 Å². The fourth-order valence-corrected chi connectivity index (χ4v) is 2.28. The van der Waals surface area contributed by atoms with Crippen LogP contribution in [0.4, 0.5) is 5.69 Å². The normalized spacial score (nSPS) is 10.8. The van der Waals surface area contributed by atoms with Gasteiger partial charge in [-0.25, -0.2) is 0 Å². The second-order valence-electron chi connectivity index (χ2n) is 5.01. The summed E-state index contributed by atoms with van der Waals surface area (Å²) in [7, 11) is 1.42. The molecule has 0 aromatic heterocycles. The van der Waals surface area contributed by atoms with Crippen LogP contribution in [-0.2, 0) is 4.79 Å². The minimum atomic E-state index is -0.532. The molecule has 5 nitrogen and oxygen atoms in total. The Morgan fingerprint density at radius 3 is 2.71 bits per heavy atom. The van der Waals surface area contributed by atoms with Crippen molar-refractivity contribution in [1.29, 1.82) is 5.26 Å². The van der Waals surface area contributed by atoms with E-state index in [1.165, 1.54) is 25.3 Å². The molecule has 122 valence electrons. The number of nitrogens with zero attached hydrogens (tertiary/aromatic N) is 1. The van der Waals surface area contributed by atoms with Crippen LogP contribution < -0.4 is 10.1 Å². The van der Waals surface area contributed by atoms with Crippen molar-refractivity contribution in [1.82, 2.24) is 0 Å². The van der Waals surface area contributed by atoms with Crippen molar-refractivity contribution in [3.05, 3.63) is 58.1 Å². The summed E-state index contributed by atoms with van der Waals surface area (Å²) in [5, 5.41) is 22.1. The number of amides is 1. The first-order valence-corrected chi connectivity index (χ1v) is 7.38. The Morgan fingerprint density at radius 1 is 1.33 bits per heavy atom. The molecule has 0 unspecified atom stereocenters. The number of anilines is 1. The number of hydrogen-bond acceptors (Lipinski definition) is 4. The second kappa shape index (κ2) is 7.53. The van der Waals surface area contributed by atoms with E-state index in [2.05, 4.69) is 5.32 Å². The number of aryl methyl sites for hydroxylation is 1. The SMILES string of the molecule is COc1cc(/C=C(\C#N)C(=O)Nc2ccc(Cl)cc2C)ccc1O. The molecule has 0 aliphatic heterocycles. The summed E-state index contributed by atoms with van der Waals surface area (Å²) in [6.07, 6.45) is 1.42. The molecule has 2 aromatic rings. The van der Waals surface area contributed by atoms with Crippen LogP contribution in [0.25, 0.3) is 6.08 Å². The standard InChI is InChI=1S/C18H15ClN2O3/c1-11-7-14(19)4-5-15(11)21-18(23)13(10-20)8-12-3-6-16(22)17(9-12)24-2/h3-9,22H,1-2H3,(H,21,23)/b13-8+. The van der Waals surface area contributed by atoms with Crippen LogP contribution in [0.2, 0.25) is 5.02 Å². The number of hydrogen-bond donors (Lipinski definition) is 2. The van der Waals surface area contributed by atoms with Crippen molar-refractivity contribution in [2.24, 2.45) is 0 Å². The molecule has 2 rings (SSSR count). The van der Waals surface area contributed by atoms with Crippen LogP contribution in [0.15, 0.2) is 42.0 Å². The lowest BCUT2D eigenvalue weighted by Crippen LogP contribution is -2.14.